The third-order valence-corrected chi connectivity index (χ3v) is 13.5. The van der Waals surface area contributed by atoms with E-state index in [1.165, 1.54) is 0 Å². The van der Waals surface area contributed by atoms with Crippen molar-refractivity contribution in [2.24, 2.45) is 0 Å². The van der Waals surface area contributed by atoms with Crippen LogP contribution >= 0.6 is 0 Å². The summed E-state index contributed by atoms with van der Waals surface area (Å²) in [5.41, 5.74) is -4.93. The van der Waals surface area contributed by atoms with Crippen LogP contribution in [0.25, 0.3) is 0 Å². The molecule has 109 heavy (non-hydrogen) atoms. The van der Waals surface area contributed by atoms with Gasteiger partial charge in [0.25, 0.3) is 0 Å². The zero-order valence-electron chi connectivity index (χ0n) is 68.5. The molecule has 4 atom stereocenters. The summed E-state index contributed by atoms with van der Waals surface area (Å²) < 4.78 is 76.8. The number of hydrogen-bond donors (Lipinski definition) is 9. The molecule has 0 aromatic heterocycles. The van der Waals surface area contributed by atoms with Crippen LogP contribution in [-0.2, 0) is 114 Å². The van der Waals surface area contributed by atoms with Gasteiger partial charge < -0.3 is 109 Å². The van der Waals surface area contributed by atoms with Crippen LogP contribution in [0.5, 0.6) is 0 Å². The number of urea groups is 2. The third kappa shape index (κ3) is 65.3. The Morgan fingerprint density at radius 1 is 0.248 bits per heavy atom. The summed E-state index contributed by atoms with van der Waals surface area (Å²) in [6, 6.07) is -6.27. The Labute approximate surface area is 645 Å². The predicted octanol–water partition coefficient (Wildman–Crippen LogP) is 3.98. The van der Waals surface area contributed by atoms with Crippen LogP contribution in [0.15, 0.2) is 0 Å². The van der Waals surface area contributed by atoms with Gasteiger partial charge in [0.1, 0.15) is 57.8 Å². The molecule has 0 saturated heterocycles. The summed E-state index contributed by atoms with van der Waals surface area (Å²) in [5.74, 6) is -5.04. The predicted molar refractivity (Wildman–Crippen MR) is 400 cm³/mol. The Hall–Kier alpha value is -7.12. The normalized spacial score (nSPS) is 13.1. The monoisotopic (exact) mass is 1570 g/mol. The van der Waals surface area contributed by atoms with Crippen molar-refractivity contribution in [3.63, 3.8) is 0 Å². The lowest BCUT2D eigenvalue weighted by Crippen LogP contribution is -2.53. The van der Waals surface area contributed by atoms with Gasteiger partial charge in [-0.15, -0.1) is 0 Å². The number of amides is 8. The zero-order chi connectivity index (χ0) is 82.5. The molecule has 0 saturated carbocycles. The molecule has 0 radical (unpaired) electrons. The maximum atomic E-state index is 13.2. The van der Waals surface area contributed by atoms with Crippen molar-refractivity contribution in [3.8, 4) is 0 Å². The minimum atomic E-state index is -1.22. The molecule has 0 aliphatic rings. The zero-order valence-corrected chi connectivity index (χ0v) is 68.5. The number of unbranched alkanes of at least 4 members (excludes halogenated alkanes) is 2. The van der Waals surface area contributed by atoms with Crippen LogP contribution in [-0.4, -0.2) is 274 Å². The molecule has 8 amide bonds. The van der Waals surface area contributed by atoms with Gasteiger partial charge in [0.15, 0.2) is 0 Å². The molecule has 35 nitrogen and oxygen atoms in total. The molecule has 0 aromatic rings. The highest BCUT2D eigenvalue weighted by Gasteiger charge is 2.34. The van der Waals surface area contributed by atoms with Gasteiger partial charge in [-0.3, -0.25) is 34.1 Å². The first-order chi connectivity index (χ1) is 50.8. The van der Waals surface area contributed by atoms with Crippen molar-refractivity contribution in [2.45, 2.75) is 259 Å². The molecule has 0 rings (SSSR count). The lowest BCUT2D eigenvalue weighted by molar-refractivity contribution is -0.160. The van der Waals surface area contributed by atoms with E-state index in [9.17, 15) is 57.5 Å². The molecule has 0 aliphatic heterocycles. The molecule has 9 N–H and O–H groups in total. The van der Waals surface area contributed by atoms with Crippen LogP contribution in [0.1, 0.15) is 202 Å². The highest BCUT2D eigenvalue weighted by molar-refractivity contribution is 5.89. The number of nitrogens with one attached hydrogen (secondary N) is 9. The quantitative estimate of drug-likeness (QED) is 0.0236. The lowest BCUT2D eigenvalue weighted by atomic mass is 10.1. The van der Waals surface area contributed by atoms with E-state index in [2.05, 4.69) is 47.9 Å². The third-order valence-electron chi connectivity index (χ3n) is 13.5. The van der Waals surface area contributed by atoms with Crippen LogP contribution in [0.4, 0.5) is 9.59 Å². The Bertz CT molecular complexity index is 2490. The van der Waals surface area contributed by atoms with E-state index in [0.29, 0.717) is 105 Å². The van der Waals surface area contributed by atoms with Crippen molar-refractivity contribution in [2.75, 3.05) is 145 Å². The van der Waals surface area contributed by atoms with Crippen LogP contribution in [0.2, 0.25) is 0 Å². The Kier molecular flexibility index (Phi) is 52.5. The number of rotatable bonds is 58. The minimum Gasteiger partial charge on any atom is -0.460 e. The first-order valence-electron chi connectivity index (χ1n) is 37.7. The van der Waals surface area contributed by atoms with E-state index in [-0.39, 0.29) is 141 Å². The second-order valence-corrected chi connectivity index (χ2v) is 31.2. The maximum absolute atomic E-state index is 13.2. The molecule has 4 unspecified atom stereocenters. The van der Waals surface area contributed by atoms with Gasteiger partial charge >= 0.3 is 47.9 Å². The standard InChI is InChI=1S/C74H135N9O26/c1-69(2,3)104-61(88)27-25-55(65(92)108-73(13,14)15)82-67(94)80-53(63(90)106-71(7,8)9)23-19-21-31-76-57(84)29-35-96-39-43-100-47-49-102-45-41-98-37-33-78-59(86)51-75-52-60(87)79-34-38-99-42-46-103-50-48-101-44-40-97-36-30-58(85)77-32-22-20-24-54(64(91)107-72(10,11)12)81-68(95)83-56(66(93)109-74(16,17)18)26-28-62(89)105-70(4,5)6/h53-56,75H,19-52H2,1-18H3,(H,76,84)(H,77,85)(H,78,86)(H,79,87)(H2,80,82,94)(H2,81,83,95). The summed E-state index contributed by atoms with van der Waals surface area (Å²) in [7, 11) is 0. The van der Waals surface area contributed by atoms with E-state index < -0.39 is 106 Å². The second kappa shape index (κ2) is 56.1. The van der Waals surface area contributed by atoms with Gasteiger partial charge in [-0.1, -0.05) is 0 Å². The van der Waals surface area contributed by atoms with Crippen LogP contribution in [0, 0.1) is 0 Å². The second-order valence-electron chi connectivity index (χ2n) is 31.2. The first-order valence-corrected chi connectivity index (χ1v) is 37.7. The fraction of sp³-hybridized carbons (Fsp3) is 0.838. The molecule has 0 spiro atoms. The maximum Gasteiger partial charge on any atom is 0.329 e. The molecule has 0 heterocycles. The van der Waals surface area contributed by atoms with Crippen molar-refractivity contribution < 1.29 is 124 Å². The topological polar surface area (TPSA) is 442 Å². The van der Waals surface area contributed by atoms with Gasteiger partial charge in [-0.25, -0.2) is 28.8 Å². The van der Waals surface area contributed by atoms with Gasteiger partial charge in [0.2, 0.25) is 23.6 Å². The summed E-state index contributed by atoms with van der Waals surface area (Å²) in [5, 5.41) is 24.1. The summed E-state index contributed by atoms with van der Waals surface area (Å²) in [4.78, 5) is 153. The van der Waals surface area contributed by atoms with Gasteiger partial charge in [-0.05, 0) is 176 Å². The Morgan fingerprint density at radius 2 is 0.477 bits per heavy atom. The molecule has 35 heteroatoms. The minimum absolute atomic E-state index is 0.0636. The Balaban J connectivity index is 4.08. The van der Waals surface area contributed by atoms with Gasteiger partial charge in [-0.2, -0.15) is 0 Å². The number of carbonyl (C=O) groups is 12. The fourth-order valence-corrected chi connectivity index (χ4v) is 8.89. The molecule has 632 valence electrons. The highest BCUT2D eigenvalue weighted by atomic mass is 16.6. The van der Waals surface area contributed by atoms with Crippen molar-refractivity contribution in [1.82, 2.24) is 47.9 Å². The molecule has 0 bridgehead atoms. The molecular formula is C74H135N9O26. The summed E-state index contributed by atoms with van der Waals surface area (Å²) >= 11 is 0. The van der Waals surface area contributed by atoms with E-state index >= 15 is 0 Å². The van der Waals surface area contributed by atoms with Crippen LogP contribution in [0.3, 0.4) is 0 Å². The van der Waals surface area contributed by atoms with Crippen molar-refractivity contribution in [1.29, 1.82) is 0 Å². The average Bonchev–Trinajstić information content (AvgIpc) is 0.877. The van der Waals surface area contributed by atoms with Crippen molar-refractivity contribution in [3.05, 3.63) is 0 Å². The van der Waals surface area contributed by atoms with E-state index in [0.717, 1.165) is 0 Å². The van der Waals surface area contributed by atoms with Crippen molar-refractivity contribution >= 4 is 71.5 Å². The first kappa shape index (κ1) is 102. The van der Waals surface area contributed by atoms with Gasteiger partial charge in [0, 0.05) is 51.9 Å². The van der Waals surface area contributed by atoms with Crippen LogP contribution < -0.4 is 47.9 Å². The lowest BCUT2D eigenvalue weighted by Gasteiger charge is -2.27. The molecule has 0 aromatic carbocycles. The number of esters is 6. The number of ether oxygens (including phenoxy) is 14. The SMILES string of the molecule is CC(C)(C)OC(=O)CCC(NC(=O)NC(CCCCNC(=O)CCOCCOCCOCCOCCNC(=O)CNCC(=O)NCCOCCOCCOCCOCCC(=O)NCCCCC(NC(=O)NC(CCC(=O)OC(C)(C)C)C(=O)OC(C)(C)C)C(=O)OC(C)(C)C)C(=O)OC(C)(C)C)C(=O)OC(C)(C)C. The smallest absolute Gasteiger partial charge is 0.329 e. The van der Waals surface area contributed by atoms with Gasteiger partial charge in [0.05, 0.1) is 119 Å². The Morgan fingerprint density at radius 3 is 0.734 bits per heavy atom. The van der Waals surface area contributed by atoms with E-state index in [1.54, 1.807) is 125 Å². The number of hydrogen-bond acceptors (Lipinski definition) is 27. The molecule has 0 fully saturated rings. The molecular weight excluding hydrogens is 1430 g/mol. The van der Waals surface area contributed by atoms with E-state index in [4.69, 9.17) is 66.3 Å². The summed E-state index contributed by atoms with van der Waals surface area (Å²) in [6.07, 6.45) is 1.84. The molecule has 0 aliphatic carbocycles. The highest BCUT2D eigenvalue weighted by Crippen LogP contribution is 2.18. The fourth-order valence-electron chi connectivity index (χ4n) is 8.89. The van der Waals surface area contributed by atoms with E-state index in [1.807, 2.05) is 0 Å². The largest absolute Gasteiger partial charge is 0.460 e. The average molecular weight is 1570 g/mol. The summed E-state index contributed by atoms with van der Waals surface area (Å²) in [6.45, 7) is 36.0. The number of carbonyl (C=O) groups excluding carboxylic acids is 12.